The van der Waals surface area contributed by atoms with Gasteiger partial charge in [-0.25, -0.2) is 9.97 Å². The molecule has 1 aromatic heterocycles. The summed E-state index contributed by atoms with van der Waals surface area (Å²) in [5.74, 6) is 1.76. The van der Waals surface area contributed by atoms with Gasteiger partial charge in [-0.1, -0.05) is 0 Å². The van der Waals surface area contributed by atoms with Crippen molar-refractivity contribution in [3.63, 3.8) is 0 Å². The average Bonchev–Trinajstić information content (AvgIpc) is 2.15. The van der Waals surface area contributed by atoms with Gasteiger partial charge in [0.25, 0.3) is 0 Å². The predicted octanol–water partition coefficient (Wildman–Crippen LogP) is 0.257. The number of rotatable bonds is 4. The van der Waals surface area contributed by atoms with Crippen LogP contribution in [0.5, 0.6) is 0 Å². The fraction of sp³-hybridized carbons (Fsp3) is 0.500. The highest BCUT2D eigenvalue weighted by molar-refractivity contribution is 5.76. The third-order valence-corrected chi connectivity index (χ3v) is 2.00. The molecule has 0 aliphatic rings. The van der Waals surface area contributed by atoms with Gasteiger partial charge in [-0.15, -0.1) is 0 Å². The normalized spacial score (nSPS) is 9.94. The summed E-state index contributed by atoms with van der Waals surface area (Å²) in [4.78, 5) is 21.0. The van der Waals surface area contributed by atoms with E-state index in [0.717, 1.165) is 0 Å². The summed E-state index contributed by atoms with van der Waals surface area (Å²) in [7, 11) is 3.46. The molecule has 0 aliphatic heterocycles. The Hall–Kier alpha value is -1.85. The first kappa shape index (κ1) is 12.2. The van der Waals surface area contributed by atoms with Crippen LogP contribution in [0.2, 0.25) is 0 Å². The van der Waals surface area contributed by atoms with Crippen LogP contribution in [0.3, 0.4) is 0 Å². The van der Waals surface area contributed by atoms with Gasteiger partial charge < -0.3 is 16.0 Å². The van der Waals surface area contributed by atoms with Crippen LogP contribution in [0, 0.1) is 6.92 Å². The Morgan fingerprint density at radius 2 is 2.19 bits per heavy atom. The first-order valence-corrected chi connectivity index (χ1v) is 5.04. The number of carbonyl (C=O) groups excluding carboxylic acids is 1. The van der Waals surface area contributed by atoms with Crippen LogP contribution in [-0.4, -0.2) is 41.4 Å². The highest BCUT2D eigenvalue weighted by Crippen LogP contribution is 2.07. The van der Waals surface area contributed by atoms with E-state index in [0.29, 0.717) is 30.4 Å². The summed E-state index contributed by atoms with van der Waals surface area (Å²) in [6.45, 7) is 2.30. The molecule has 0 unspecified atom stereocenters. The molecule has 1 amide bonds. The number of aryl methyl sites for hydroxylation is 1. The lowest BCUT2D eigenvalue weighted by Crippen LogP contribution is -2.24. The van der Waals surface area contributed by atoms with E-state index in [-0.39, 0.29) is 5.91 Å². The van der Waals surface area contributed by atoms with Gasteiger partial charge in [0.05, 0.1) is 0 Å². The summed E-state index contributed by atoms with van der Waals surface area (Å²) >= 11 is 0. The maximum Gasteiger partial charge on any atom is 0.223 e. The molecule has 16 heavy (non-hydrogen) atoms. The van der Waals surface area contributed by atoms with Gasteiger partial charge in [-0.2, -0.15) is 0 Å². The standard InChI is InChI=1S/C10H17N5O/c1-7-13-8(11)6-9(14-7)12-5-4-10(16)15(2)3/h6H,4-5H2,1-3H3,(H3,11,12,13,14). The molecular weight excluding hydrogens is 206 g/mol. The molecule has 6 nitrogen and oxygen atoms in total. The number of hydrogen-bond donors (Lipinski definition) is 2. The Balaban J connectivity index is 2.46. The minimum Gasteiger partial charge on any atom is -0.384 e. The molecular formula is C10H17N5O. The highest BCUT2D eigenvalue weighted by Gasteiger charge is 2.04. The van der Waals surface area contributed by atoms with Crippen LogP contribution in [-0.2, 0) is 4.79 Å². The number of hydrogen-bond acceptors (Lipinski definition) is 5. The first-order chi connectivity index (χ1) is 7.49. The second-order valence-electron chi connectivity index (χ2n) is 3.69. The summed E-state index contributed by atoms with van der Waals surface area (Å²) in [6, 6.07) is 1.65. The Morgan fingerprint density at radius 3 is 2.75 bits per heavy atom. The molecule has 0 spiro atoms. The molecule has 0 fully saturated rings. The SMILES string of the molecule is Cc1nc(N)cc(NCCC(=O)N(C)C)n1. The smallest absolute Gasteiger partial charge is 0.223 e. The minimum absolute atomic E-state index is 0.0752. The zero-order valence-electron chi connectivity index (χ0n) is 9.82. The number of anilines is 2. The van der Waals surface area contributed by atoms with Crippen molar-refractivity contribution in [3.8, 4) is 0 Å². The number of aromatic nitrogens is 2. The average molecular weight is 223 g/mol. The van der Waals surface area contributed by atoms with Crippen LogP contribution in [0.15, 0.2) is 6.07 Å². The Labute approximate surface area is 94.9 Å². The van der Waals surface area contributed by atoms with Gasteiger partial charge >= 0.3 is 0 Å². The van der Waals surface area contributed by atoms with Crippen molar-refractivity contribution < 1.29 is 4.79 Å². The first-order valence-electron chi connectivity index (χ1n) is 5.04. The lowest BCUT2D eigenvalue weighted by Gasteiger charge is -2.11. The summed E-state index contributed by atoms with van der Waals surface area (Å²) in [5.41, 5.74) is 5.57. The van der Waals surface area contributed by atoms with Gasteiger partial charge in [0.1, 0.15) is 17.5 Å². The second-order valence-corrected chi connectivity index (χ2v) is 3.69. The van der Waals surface area contributed by atoms with E-state index >= 15 is 0 Å². The fourth-order valence-electron chi connectivity index (χ4n) is 1.20. The molecule has 1 rings (SSSR count). The van der Waals surface area contributed by atoms with E-state index in [1.54, 1.807) is 32.0 Å². The minimum atomic E-state index is 0.0752. The number of amides is 1. The van der Waals surface area contributed by atoms with Crippen LogP contribution in [0.25, 0.3) is 0 Å². The van der Waals surface area contributed by atoms with E-state index < -0.39 is 0 Å². The van der Waals surface area contributed by atoms with Crippen molar-refractivity contribution in [1.82, 2.24) is 14.9 Å². The predicted molar refractivity (Wildman–Crippen MR) is 63.0 cm³/mol. The van der Waals surface area contributed by atoms with Gasteiger partial charge in [-0.05, 0) is 6.92 Å². The zero-order chi connectivity index (χ0) is 12.1. The number of nitrogen functional groups attached to an aromatic ring is 1. The molecule has 0 saturated heterocycles. The Morgan fingerprint density at radius 1 is 1.50 bits per heavy atom. The van der Waals surface area contributed by atoms with Crippen LogP contribution in [0.4, 0.5) is 11.6 Å². The Kier molecular flexibility index (Phi) is 4.04. The molecule has 1 heterocycles. The van der Waals surface area contributed by atoms with Crippen LogP contribution < -0.4 is 11.1 Å². The number of nitrogens with one attached hydrogen (secondary N) is 1. The molecule has 6 heteroatoms. The van der Waals surface area contributed by atoms with Crippen LogP contribution >= 0.6 is 0 Å². The lowest BCUT2D eigenvalue weighted by atomic mass is 10.3. The van der Waals surface area contributed by atoms with Crippen LogP contribution in [0.1, 0.15) is 12.2 Å². The van der Waals surface area contributed by atoms with E-state index in [1.807, 2.05) is 0 Å². The van der Waals surface area contributed by atoms with Crippen molar-refractivity contribution in [3.05, 3.63) is 11.9 Å². The summed E-state index contributed by atoms with van der Waals surface area (Å²) < 4.78 is 0. The zero-order valence-corrected chi connectivity index (χ0v) is 9.82. The molecule has 1 aromatic rings. The molecule has 3 N–H and O–H groups in total. The van der Waals surface area contributed by atoms with Gasteiger partial charge in [0.15, 0.2) is 0 Å². The van der Waals surface area contributed by atoms with Crippen molar-refractivity contribution in [2.24, 2.45) is 0 Å². The fourth-order valence-corrected chi connectivity index (χ4v) is 1.20. The molecule has 0 bridgehead atoms. The van der Waals surface area contributed by atoms with E-state index in [2.05, 4.69) is 15.3 Å². The highest BCUT2D eigenvalue weighted by atomic mass is 16.2. The van der Waals surface area contributed by atoms with E-state index in [9.17, 15) is 4.79 Å². The largest absolute Gasteiger partial charge is 0.384 e. The Bertz CT molecular complexity index is 357. The molecule has 88 valence electrons. The molecule has 0 atom stereocenters. The van der Waals surface area contributed by atoms with Gasteiger partial charge in [0, 0.05) is 33.1 Å². The third-order valence-electron chi connectivity index (χ3n) is 2.00. The summed E-state index contributed by atoms with van der Waals surface area (Å²) in [5, 5.41) is 3.03. The second kappa shape index (κ2) is 5.29. The maximum atomic E-state index is 11.3. The van der Waals surface area contributed by atoms with Gasteiger partial charge in [-0.3, -0.25) is 4.79 Å². The number of nitrogens with zero attached hydrogens (tertiary/aromatic N) is 3. The van der Waals surface area contributed by atoms with Crippen molar-refractivity contribution >= 4 is 17.5 Å². The number of nitrogens with two attached hydrogens (primary N) is 1. The summed E-state index contributed by atoms with van der Waals surface area (Å²) in [6.07, 6.45) is 0.427. The monoisotopic (exact) mass is 223 g/mol. The van der Waals surface area contributed by atoms with E-state index in [4.69, 9.17) is 5.73 Å². The van der Waals surface area contributed by atoms with E-state index in [1.165, 1.54) is 0 Å². The maximum absolute atomic E-state index is 11.3. The molecule has 0 aliphatic carbocycles. The topological polar surface area (TPSA) is 84.1 Å². The van der Waals surface area contributed by atoms with Crippen molar-refractivity contribution in [2.45, 2.75) is 13.3 Å². The molecule has 0 aromatic carbocycles. The van der Waals surface area contributed by atoms with Gasteiger partial charge in [0.2, 0.25) is 5.91 Å². The number of carbonyl (C=O) groups is 1. The quantitative estimate of drug-likeness (QED) is 0.764. The molecule has 0 saturated carbocycles. The molecule has 0 radical (unpaired) electrons. The third kappa shape index (κ3) is 3.72. The van der Waals surface area contributed by atoms with Crippen molar-refractivity contribution in [1.29, 1.82) is 0 Å². The van der Waals surface area contributed by atoms with Crippen molar-refractivity contribution in [2.75, 3.05) is 31.7 Å². The lowest BCUT2D eigenvalue weighted by molar-refractivity contribution is -0.128.